The summed E-state index contributed by atoms with van der Waals surface area (Å²) < 4.78 is 18.4. The molecule has 4 heteroatoms. The second-order valence-electron chi connectivity index (χ2n) is 4.47. The maximum Gasteiger partial charge on any atom is 0.123 e. The van der Waals surface area contributed by atoms with Crippen LogP contribution in [-0.4, -0.2) is 13.7 Å². The molecule has 2 aromatic rings. The van der Waals surface area contributed by atoms with Crippen molar-refractivity contribution in [3.05, 3.63) is 64.4 Å². The standard InChI is InChI=1S/C16H17ClFNO/c1-20-16-5-3-2-4-12(16)8-9-19-11-13-10-14(18)6-7-15(13)17/h2-7,10,19H,8-9,11H2,1H3. The van der Waals surface area contributed by atoms with Gasteiger partial charge in [0, 0.05) is 11.6 Å². The van der Waals surface area contributed by atoms with Crippen LogP contribution < -0.4 is 10.1 Å². The van der Waals surface area contributed by atoms with Crippen molar-refractivity contribution in [1.82, 2.24) is 5.32 Å². The molecule has 0 aliphatic carbocycles. The fourth-order valence-electron chi connectivity index (χ4n) is 2.03. The van der Waals surface area contributed by atoms with E-state index in [4.69, 9.17) is 16.3 Å². The van der Waals surface area contributed by atoms with E-state index in [1.54, 1.807) is 13.2 Å². The van der Waals surface area contributed by atoms with Crippen LogP contribution in [0.5, 0.6) is 5.75 Å². The molecule has 0 saturated carbocycles. The van der Waals surface area contributed by atoms with Crippen molar-refractivity contribution in [2.24, 2.45) is 0 Å². The Labute approximate surface area is 123 Å². The van der Waals surface area contributed by atoms with Crippen LogP contribution in [0.15, 0.2) is 42.5 Å². The van der Waals surface area contributed by atoms with Crippen molar-refractivity contribution in [2.45, 2.75) is 13.0 Å². The topological polar surface area (TPSA) is 21.3 Å². The number of ether oxygens (including phenoxy) is 1. The van der Waals surface area contributed by atoms with E-state index in [0.717, 1.165) is 29.8 Å². The summed E-state index contributed by atoms with van der Waals surface area (Å²) in [6, 6.07) is 12.3. The van der Waals surface area contributed by atoms with Crippen LogP contribution in [0.3, 0.4) is 0 Å². The fourth-order valence-corrected chi connectivity index (χ4v) is 2.22. The Hall–Kier alpha value is -1.58. The Balaban J connectivity index is 1.86. The van der Waals surface area contributed by atoms with Gasteiger partial charge in [-0.2, -0.15) is 0 Å². The van der Waals surface area contributed by atoms with Crippen LogP contribution in [0.25, 0.3) is 0 Å². The van der Waals surface area contributed by atoms with Crippen LogP contribution >= 0.6 is 11.6 Å². The number of benzene rings is 2. The van der Waals surface area contributed by atoms with Gasteiger partial charge in [-0.15, -0.1) is 0 Å². The molecular weight excluding hydrogens is 277 g/mol. The number of nitrogens with one attached hydrogen (secondary N) is 1. The van der Waals surface area contributed by atoms with Crippen molar-refractivity contribution in [3.63, 3.8) is 0 Å². The van der Waals surface area contributed by atoms with Gasteiger partial charge in [0.1, 0.15) is 11.6 Å². The van der Waals surface area contributed by atoms with Crippen molar-refractivity contribution >= 4 is 11.6 Å². The van der Waals surface area contributed by atoms with Crippen molar-refractivity contribution < 1.29 is 9.13 Å². The molecule has 0 saturated heterocycles. The average Bonchev–Trinajstić information content (AvgIpc) is 2.47. The summed E-state index contributed by atoms with van der Waals surface area (Å²) in [5, 5.41) is 3.84. The molecule has 0 atom stereocenters. The van der Waals surface area contributed by atoms with E-state index in [2.05, 4.69) is 5.32 Å². The normalized spacial score (nSPS) is 10.6. The van der Waals surface area contributed by atoms with Crippen LogP contribution in [0.4, 0.5) is 4.39 Å². The molecular formula is C16H17ClFNO. The van der Waals surface area contributed by atoms with Gasteiger partial charge in [-0.05, 0) is 48.4 Å². The molecule has 106 valence electrons. The average molecular weight is 294 g/mol. The maximum atomic E-state index is 13.1. The lowest BCUT2D eigenvalue weighted by atomic mass is 10.1. The Kier molecular flexibility index (Phi) is 5.39. The van der Waals surface area contributed by atoms with E-state index < -0.39 is 0 Å². The van der Waals surface area contributed by atoms with E-state index in [1.165, 1.54) is 12.1 Å². The second-order valence-corrected chi connectivity index (χ2v) is 4.88. The van der Waals surface area contributed by atoms with Crippen LogP contribution in [0.2, 0.25) is 5.02 Å². The summed E-state index contributed by atoms with van der Waals surface area (Å²) >= 11 is 6.01. The summed E-state index contributed by atoms with van der Waals surface area (Å²) in [6.07, 6.45) is 0.844. The molecule has 2 aromatic carbocycles. The Morgan fingerprint density at radius 2 is 1.95 bits per heavy atom. The monoisotopic (exact) mass is 293 g/mol. The summed E-state index contributed by atoms with van der Waals surface area (Å²) in [7, 11) is 1.67. The number of hydrogen-bond donors (Lipinski definition) is 1. The van der Waals surface area contributed by atoms with Crippen LogP contribution in [-0.2, 0) is 13.0 Å². The van der Waals surface area contributed by atoms with Gasteiger partial charge >= 0.3 is 0 Å². The largest absolute Gasteiger partial charge is 0.496 e. The first-order valence-electron chi connectivity index (χ1n) is 6.47. The highest BCUT2D eigenvalue weighted by Gasteiger charge is 2.03. The first-order chi connectivity index (χ1) is 9.70. The van der Waals surface area contributed by atoms with Gasteiger partial charge in [0.2, 0.25) is 0 Å². The zero-order valence-electron chi connectivity index (χ0n) is 11.3. The second kappa shape index (κ2) is 7.27. The minimum atomic E-state index is -0.268. The van der Waals surface area contributed by atoms with Crippen molar-refractivity contribution in [2.75, 3.05) is 13.7 Å². The molecule has 2 nitrogen and oxygen atoms in total. The molecule has 0 aliphatic heterocycles. The molecule has 2 rings (SSSR count). The molecule has 1 N–H and O–H groups in total. The molecule has 0 aromatic heterocycles. The first kappa shape index (κ1) is 14.8. The van der Waals surface area contributed by atoms with Gasteiger partial charge in [0.15, 0.2) is 0 Å². The molecule has 0 fully saturated rings. The third-order valence-corrected chi connectivity index (χ3v) is 3.46. The summed E-state index contributed by atoms with van der Waals surface area (Å²) in [5.41, 5.74) is 1.92. The predicted octanol–water partition coefficient (Wildman–Crippen LogP) is 3.82. The van der Waals surface area contributed by atoms with Gasteiger partial charge in [-0.1, -0.05) is 29.8 Å². The van der Waals surface area contributed by atoms with Gasteiger partial charge < -0.3 is 10.1 Å². The molecule has 0 spiro atoms. The van der Waals surface area contributed by atoms with Crippen LogP contribution in [0.1, 0.15) is 11.1 Å². The summed E-state index contributed by atoms with van der Waals surface area (Å²) in [4.78, 5) is 0. The lowest BCUT2D eigenvalue weighted by molar-refractivity contribution is 0.409. The highest BCUT2D eigenvalue weighted by molar-refractivity contribution is 6.31. The molecule has 20 heavy (non-hydrogen) atoms. The Bertz CT molecular complexity index is 574. The van der Waals surface area contributed by atoms with Crippen LogP contribution in [0, 0.1) is 5.82 Å². The fraction of sp³-hybridized carbons (Fsp3) is 0.250. The maximum absolute atomic E-state index is 13.1. The molecule has 0 aliphatic rings. The molecule has 0 unspecified atom stereocenters. The van der Waals surface area contributed by atoms with E-state index in [-0.39, 0.29) is 5.82 Å². The van der Waals surface area contributed by atoms with Gasteiger partial charge in [0.25, 0.3) is 0 Å². The number of rotatable bonds is 6. The lowest BCUT2D eigenvalue weighted by Gasteiger charge is -2.09. The highest BCUT2D eigenvalue weighted by atomic mass is 35.5. The molecule has 0 radical (unpaired) electrons. The predicted molar refractivity (Wildman–Crippen MR) is 79.8 cm³/mol. The minimum Gasteiger partial charge on any atom is -0.496 e. The lowest BCUT2D eigenvalue weighted by Crippen LogP contribution is -2.17. The Morgan fingerprint density at radius 1 is 1.15 bits per heavy atom. The number of para-hydroxylation sites is 1. The number of halogens is 2. The van der Waals surface area contributed by atoms with Crippen molar-refractivity contribution in [3.8, 4) is 5.75 Å². The zero-order valence-corrected chi connectivity index (χ0v) is 12.1. The van der Waals surface area contributed by atoms with Gasteiger partial charge in [-0.3, -0.25) is 0 Å². The molecule has 0 bridgehead atoms. The van der Waals surface area contributed by atoms with E-state index >= 15 is 0 Å². The minimum absolute atomic E-state index is 0.268. The highest BCUT2D eigenvalue weighted by Crippen LogP contribution is 2.18. The summed E-state index contributed by atoms with van der Waals surface area (Å²) in [6.45, 7) is 1.32. The van der Waals surface area contributed by atoms with Crippen molar-refractivity contribution in [1.29, 1.82) is 0 Å². The SMILES string of the molecule is COc1ccccc1CCNCc1cc(F)ccc1Cl. The van der Waals surface area contributed by atoms with Gasteiger partial charge in [-0.25, -0.2) is 4.39 Å². The quantitative estimate of drug-likeness (QED) is 0.818. The third-order valence-electron chi connectivity index (χ3n) is 3.09. The number of methoxy groups -OCH3 is 1. The number of hydrogen-bond acceptors (Lipinski definition) is 2. The molecule has 0 amide bonds. The smallest absolute Gasteiger partial charge is 0.123 e. The van der Waals surface area contributed by atoms with Gasteiger partial charge in [0.05, 0.1) is 7.11 Å². The third kappa shape index (κ3) is 3.95. The van der Waals surface area contributed by atoms with E-state index in [1.807, 2.05) is 24.3 Å². The van der Waals surface area contributed by atoms with E-state index in [0.29, 0.717) is 11.6 Å². The zero-order chi connectivity index (χ0) is 14.4. The first-order valence-corrected chi connectivity index (χ1v) is 6.85. The van der Waals surface area contributed by atoms with E-state index in [9.17, 15) is 4.39 Å². The molecule has 0 heterocycles. The Morgan fingerprint density at radius 3 is 2.75 bits per heavy atom. The summed E-state index contributed by atoms with van der Waals surface area (Å²) in [5.74, 6) is 0.619.